The Morgan fingerprint density at radius 2 is 1.86 bits per heavy atom. The van der Waals surface area contributed by atoms with Gasteiger partial charge in [-0.15, -0.1) is 0 Å². The van der Waals surface area contributed by atoms with Crippen molar-refractivity contribution in [1.29, 1.82) is 0 Å². The fourth-order valence-electron chi connectivity index (χ4n) is 3.12. The molecule has 0 aromatic carbocycles. The molecular formula is C13H22N2O6. The number of hydrogen-bond donors (Lipinski definition) is 0. The summed E-state index contributed by atoms with van der Waals surface area (Å²) in [4.78, 5) is 33.2. The van der Waals surface area contributed by atoms with Gasteiger partial charge in [-0.1, -0.05) is 19.3 Å². The minimum absolute atomic E-state index is 0.0120. The van der Waals surface area contributed by atoms with Crippen LogP contribution in [0.5, 0.6) is 0 Å². The van der Waals surface area contributed by atoms with E-state index in [4.69, 9.17) is 4.74 Å². The normalized spacial score (nSPS) is 20.3. The number of esters is 1. The zero-order valence-corrected chi connectivity index (χ0v) is 12.4. The van der Waals surface area contributed by atoms with Crippen LogP contribution in [0.15, 0.2) is 0 Å². The highest BCUT2D eigenvalue weighted by atomic mass is 16.6. The fraction of sp³-hybridized carbons (Fsp3) is 0.923. The van der Waals surface area contributed by atoms with Gasteiger partial charge in [0, 0.05) is 16.8 Å². The Balaban J connectivity index is 3.12. The van der Waals surface area contributed by atoms with Crippen LogP contribution in [-0.4, -0.2) is 34.5 Å². The molecule has 1 aliphatic carbocycles. The average molecular weight is 302 g/mol. The highest BCUT2D eigenvalue weighted by molar-refractivity contribution is 5.79. The predicted molar refractivity (Wildman–Crippen MR) is 74.0 cm³/mol. The van der Waals surface area contributed by atoms with Crippen LogP contribution in [0.25, 0.3) is 0 Å². The molecule has 0 N–H and O–H groups in total. The van der Waals surface area contributed by atoms with Crippen LogP contribution in [0.2, 0.25) is 0 Å². The molecule has 1 aliphatic rings. The maximum Gasteiger partial charge on any atom is 0.385 e. The lowest BCUT2D eigenvalue weighted by molar-refractivity contribution is -0.582. The van der Waals surface area contributed by atoms with Crippen molar-refractivity contribution >= 4 is 5.97 Å². The lowest BCUT2D eigenvalue weighted by Gasteiger charge is -2.33. The van der Waals surface area contributed by atoms with Gasteiger partial charge in [0.15, 0.2) is 0 Å². The van der Waals surface area contributed by atoms with Crippen LogP contribution >= 0.6 is 0 Å². The Bertz CT molecular complexity index is 407. The van der Waals surface area contributed by atoms with E-state index in [1.807, 2.05) is 0 Å². The van der Waals surface area contributed by atoms with E-state index in [2.05, 4.69) is 0 Å². The number of hydrogen-bond acceptors (Lipinski definition) is 6. The van der Waals surface area contributed by atoms with E-state index in [-0.39, 0.29) is 12.5 Å². The zero-order chi connectivity index (χ0) is 16.0. The van der Waals surface area contributed by atoms with Crippen molar-refractivity contribution in [1.82, 2.24) is 0 Å². The van der Waals surface area contributed by atoms with E-state index >= 15 is 0 Å². The Kier molecular flexibility index (Phi) is 6.04. The molecule has 8 nitrogen and oxygen atoms in total. The largest absolute Gasteiger partial charge is 0.461 e. The Morgan fingerprint density at radius 1 is 1.29 bits per heavy atom. The molecule has 120 valence electrons. The number of nitro groups is 2. The monoisotopic (exact) mass is 302 g/mol. The second kappa shape index (κ2) is 7.33. The first-order chi connectivity index (χ1) is 9.83. The van der Waals surface area contributed by atoms with Crippen molar-refractivity contribution in [3.05, 3.63) is 20.2 Å². The molecule has 0 bridgehead atoms. The van der Waals surface area contributed by atoms with Crippen LogP contribution in [0.3, 0.4) is 0 Å². The fourth-order valence-corrected chi connectivity index (χ4v) is 3.12. The zero-order valence-electron chi connectivity index (χ0n) is 12.4. The molecule has 0 spiro atoms. The van der Waals surface area contributed by atoms with Gasteiger partial charge in [-0.25, -0.2) is 4.79 Å². The molecule has 1 rings (SSSR count). The first-order valence-corrected chi connectivity index (χ1v) is 7.27. The second-order valence-electron chi connectivity index (χ2n) is 5.64. The van der Waals surface area contributed by atoms with Gasteiger partial charge in [0.05, 0.1) is 6.61 Å². The summed E-state index contributed by atoms with van der Waals surface area (Å²) in [6, 6.07) is 0. The quantitative estimate of drug-likeness (QED) is 0.404. The second-order valence-corrected chi connectivity index (χ2v) is 5.64. The van der Waals surface area contributed by atoms with Crippen molar-refractivity contribution in [2.24, 2.45) is 11.8 Å². The van der Waals surface area contributed by atoms with Gasteiger partial charge >= 0.3 is 11.5 Å². The van der Waals surface area contributed by atoms with Crippen molar-refractivity contribution in [3.8, 4) is 0 Å². The Labute approximate surface area is 123 Å². The molecule has 0 amide bonds. The van der Waals surface area contributed by atoms with Crippen LogP contribution in [0, 0.1) is 32.1 Å². The van der Waals surface area contributed by atoms with Gasteiger partial charge < -0.3 is 4.74 Å². The maximum absolute atomic E-state index is 12.1. The predicted octanol–water partition coefficient (Wildman–Crippen LogP) is 2.06. The number of carbonyl (C=O) groups is 1. The molecule has 2 atom stereocenters. The summed E-state index contributed by atoms with van der Waals surface area (Å²) in [6.07, 6.45) is 4.16. The first kappa shape index (κ1) is 17.3. The van der Waals surface area contributed by atoms with Gasteiger partial charge in [0.1, 0.15) is 5.92 Å². The van der Waals surface area contributed by atoms with Crippen LogP contribution in [-0.2, 0) is 9.53 Å². The van der Waals surface area contributed by atoms with E-state index < -0.39 is 33.8 Å². The average Bonchev–Trinajstić information content (AvgIpc) is 2.44. The first-order valence-electron chi connectivity index (χ1n) is 7.27. The SMILES string of the molecule is CCOC(=O)[C@](C)([C@H](C[N+](=O)[O-])C1CCCCC1)[N+](=O)[O-]. The summed E-state index contributed by atoms with van der Waals surface area (Å²) in [6.45, 7) is 2.15. The van der Waals surface area contributed by atoms with Crippen LogP contribution in [0.4, 0.5) is 0 Å². The summed E-state index contributed by atoms with van der Waals surface area (Å²) in [5.41, 5.74) is -2.06. The molecular weight excluding hydrogens is 280 g/mol. The van der Waals surface area contributed by atoms with E-state index in [9.17, 15) is 25.0 Å². The third kappa shape index (κ3) is 3.89. The highest BCUT2D eigenvalue weighted by Gasteiger charge is 2.59. The molecule has 0 aromatic heterocycles. The van der Waals surface area contributed by atoms with E-state index in [1.54, 1.807) is 6.92 Å². The summed E-state index contributed by atoms with van der Waals surface area (Å²) in [5.74, 6) is -2.11. The van der Waals surface area contributed by atoms with Gasteiger partial charge in [0.25, 0.3) is 0 Å². The van der Waals surface area contributed by atoms with Crippen molar-refractivity contribution in [2.45, 2.75) is 51.5 Å². The maximum atomic E-state index is 12.1. The molecule has 0 aliphatic heterocycles. The topological polar surface area (TPSA) is 113 Å². The summed E-state index contributed by atoms with van der Waals surface area (Å²) in [5, 5.41) is 22.4. The summed E-state index contributed by atoms with van der Waals surface area (Å²) in [7, 11) is 0. The molecule has 0 radical (unpaired) electrons. The number of ether oxygens (including phenoxy) is 1. The van der Waals surface area contributed by atoms with Gasteiger partial charge in [-0.3, -0.25) is 20.2 Å². The number of rotatable bonds is 7. The van der Waals surface area contributed by atoms with Crippen molar-refractivity contribution in [3.63, 3.8) is 0 Å². The van der Waals surface area contributed by atoms with E-state index in [1.165, 1.54) is 0 Å². The minimum Gasteiger partial charge on any atom is -0.461 e. The van der Waals surface area contributed by atoms with Gasteiger partial charge in [-0.2, -0.15) is 0 Å². The lowest BCUT2D eigenvalue weighted by Crippen LogP contribution is -2.55. The van der Waals surface area contributed by atoms with Crippen molar-refractivity contribution < 1.29 is 19.4 Å². The smallest absolute Gasteiger partial charge is 0.385 e. The number of carbonyl (C=O) groups excluding carboxylic acids is 1. The Hall–Kier alpha value is -1.73. The molecule has 21 heavy (non-hydrogen) atoms. The summed E-state index contributed by atoms with van der Waals surface area (Å²) >= 11 is 0. The third-order valence-electron chi connectivity index (χ3n) is 4.35. The standard InChI is InChI=1S/C13H22N2O6/c1-3-21-12(16)13(2,15(19)20)11(9-14(17)18)10-7-5-4-6-8-10/h10-11H,3-9H2,1-2H3/t11-,13+/m1/s1. The van der Waals surface area contributed by atoms with Gasteiger partial charge in [0.2, 0.25) is 6.54 Å². The number of nitrogens with zero attached hydrogens (tertiary/aromatic N) is 2. The molecule has 8 heteroatoms. The summed E-state index contributed by atoms with van der Waals surface area (Å²) < 4.78 is 4.82. The van der Waals surface area contributed by atoms with E-state index in [0.717, 1.165) is 26.2 Å². The molecule has 0 saturated heterocycles. The third-order valence-corrected chi connectivity index (χ3v) is 4.35. The highest BCUT2D eigenvalue weighted by Crippen LogP contribution is 2.38. The molecule has 0 aromatic rings. The minimum atomic E-state index is -2.06. The van der Waals surface area contributed by atoms with Crippen LogP contribution in [0.1, 0.15) is 46.0 Å². The molecule has 0 unspecified atom stereocenters. The molecule has 0 heterocycles. The Morgan fingerprint density at radius 3 is 2.29 bits per heavy atom. The van der Waals surface area contributed by atoms with Gasteiger partial charge in [-0.05, 0) is 25.7 Å². The van der Waals surface area contributed by atoms with Crippen LogP contribution < -0.4 is 0 Å². The van der Waals surface area contributed by atoms with E-state index in [0.29, 0.717) is 12.8 Å². The molecule has 1 fully saturated rings. The molecule has 1 saturated carbocycles. The lowest BCUT2D eigenvalue weighted by atomic mass is 9.71. The van der Waals surface area contributed by atoms with Crippen molar-refractivity contribution in [2.75, 3.05) is 13.2 Å².